The summed E-state index contributed by atoms with van der Waals surface area (Å²) in [6.45, 7) is 7.99. The Morgan fingerprint density at radius 1 is 1.35 bits per heavy atom. The average molecular weight is 393 g/mol. The molecule has 0 aliphatic carbocycles. The van der Waals surface area contributed by atoms with Crippen LogP contribution in [0.3, 0.4) is 0 Å². The molecule has 0 saturated carbocycles. The molecular formula is C19H24N2O3S2. The molecule has 1 amide bonds. The summed E-state index contributed by atoms with van der Waals surface area (Å²) in [5, 5.41) is 5.43. The van der Waals surface area contributed by atoms with Crippen molar-refractivity contribution in [2.75, 3.05) is 18.6 Å². The molecule has 26 heavy (non-hydrogen) atoms. The number of fused-ring (bicyclic) bond motifs is 1. The summed E-state index contributed by atoms with van der Waals surface area (Å²) in [6.07, 6.45) is 2.58. The molecule has 0 saturated heterocycles. The van der Waals surface area contributed by atoms with Gasteiger partial charge in [-0.15, -0.1) is 11.8 Å². The fraction of sp³-hybridized carbons (Fsp3) is 0.474. The van der Waals surface area contributed by atoms with Crippen molar-refractivity contribution in [3.05, 3.63) is 34.4 Å². The van der Waals surface area contributed by atoms with Crippen molar-refractivity contribution in [1.82, 2.24) is 5.01 Å². The Hall–Kier alpha value is -1.60. The Labute approximate surface area is 159 Å². The second kappa shape index (κ2) is 6.53. The quantitative estimate of drug-likeness (QED) is 0.737. The number of benzene rings is 1. The van der Waals surface area contributed by atoms with Gasteiger partial charge in [0.15, 0.2) is 9.84 Å². The number of nitrogens with zero attached hydrogens (tertiary/aromatic N) is 2. The molecule has 0 radical (unpaired) electrons. The summed E-state index contributed by atoms with van der Waals surface area (Å²) in [5.41, 5.74) is 2.88. The van der Waals surface area contributed by atoms with Crippen LogP contribution in [0.15, 0.2) is 27.7 Å². The van der Waals surface area contributed by atoms with Crippen LogP contribution in [0.5, 0.6) is 0 Å². The highest BCUT2D eigenvalue weighted by molar-refractivity contribution is 8.08. The normalized spacial score (nSPS) is 22.0. The third-order valence-corrected chi connectivity index (χ3v) is 8.27. The summed E-state index contributed by atoms with van der Waals surface area (Å²) < 4.78 is 25.1. The molecule has 5 nitrogen and oxygen atoms in total. The lowest BCUT2D eigenvalue weighted by atomic mass is 9.82. The number of thioether (sulfide) groups is 1. The molecule has 0 atom stereocenters. The molecule has 0 unspecified atom stereocenters. The maximum absolute atomic E-state index is 12.5. The summed E-state index contributed by atoms with van der Waals surface area (Å²) in [7, 11) is -1.62. The van der Waals surface area contributed by atoms with E-state index in [0.717, 1.165) is 33.8 Å². The number of carbonyl (C=O) groups excluding carboxylic acids is 1. The summed E-state index contributed by atoms with van der Waals surface area (Å²) >= 11 is 1.63. The van der Waals surface area contributed by atoms with E-state index >= 15 is 0 Å². The predicted molar refractivity (Wildman–Crippen MR) is 107 cm³/mol. The zero-order valence-electron chi connectivity index (χ0n) is 15.8. The van der Waals surface area contributed by atoms with E-state index in [1.54, 1.807) is 31.1 Å². The van der Waals surface area contributed by atoms with E-state index in [9.17, 15) is 13.2 Å². The van der Waals surface area contributed by atoms with Crippen molar-refractivity contribution >= 4 is 38.6 Å². The van der Waals surface area contributed by atoms with Gasteiger partial charge in [0.2, 0.25) is 0 Å². The number of likely N-dealkylation sites (N-methyl/N-ethyl adjacent to an activating group) is 1. The maximum Gasteiger partial charge on any atom is 0.276 e. The number of carbonyl (C=O) groups is 1. The lowest BCUT2D eigenvalue weighted by Gasteiger charge is -2.22. The molecule has 1 aromatic carbocycles. The number of hydrogen-bond acceptors (Lipinski definition) is 5. The number of sulfone groups is 1. The number of hydrogen-bond donors (Lipinski definition) is 0. The lowest BCUT2D eigenvalue weighted by Crippen LogP contribution is -2.20. The van der Waals surface area contributed by atoms with E-state index in [4.69, 9.17) is 0 Å². The van der Waals surface area contributed by atoms with Gasteiger partial charge in [-0.05, 0) is 41.9 Å². The van der Waals surface area contributed by atoms with E-state index in [-0.39, 0.29) is 11.7 Å². The smallest absolute Gasteiger partial charge is 0.267 e. The first-order valence-electron chi connectivity index (χ1n) is 8.66. The monoisotopic (exact) mass is 392 g/mol. The lowest BCUT2D eigenvalue weighted by molar-refractivity contribution is -0.124. The molecule has 0 fully saturated rings. The zero-order chi connectivity index (χ0) is 19.3. The topological polar surface area (TPSA) is 66.8 Å². The third kappa shape index (κ3) is 3.01. The van der Waals surface area contributed by atoms with E-state index in [1.807, 2.05) is 26.8 Å². The maximum atomic E-state index is 12.5. The molecule has 7 heteroatoms. The fourth-order valence-electron chi connectivity index (χ4n) is 3.74. The largest absolute Gasteiger partial charge is 0.276 e. The standard InChI is InChI=1S/C19H24N2O3S2/c1-6-9-25-17(14-10-20-21(5)18(14)22)13-7-8-15-16(12(13)2)19(3,4)11-26(15,23)24/h7-8,10H,6,9,11H2,1-5H3. The van der Waals surface area contributed by atoms with Gasteiger partial charge in [-0.2, -0.15) is 5.10 Å². The number of amides is 1. The predicted octanol–water partition coefficient (Wildman–Crippen LogP) is 3.37. The number of hydrazone groups is 1. The van der Waals surface area contributed by atoms with Gasteiger partial charge in [0.1, 0.15) is 0 Å². The average Bonchev–Trinajstić information content (AvgIpc) is 2.96. The molecule has 3 rings (SSSR count). The van der Waals surface area contributed by atoms with Crippen LogP contribution < -0.4 is 0 Å². The van der Waals surface area contributed by atoms with Crippen LogP contribution in [0.4, 0.5) is 0 Å². The molecule has 1 aromatic rings. The highest BCUT2D eigenvalue weighted by Crippen LogP contribution is 2.45. The highest BCUT2D eigenvalue weighted by atomic mass is 32.2. The number of rotatable bonds is 4. The van der Waals surface area contributed by atoms with Crippen molar-refractivity contribution in [1.29, 1.82) is 0 Å². The SMILES string of the molecule is CCCSC(=C1C=NN(C)C1=O)c1ccc2c(c1C)C(C)(C)CS2(=O)=O. The summed E-state index contributed by atoms with van der Waals surface area (Å²) in [6, 6.07) is 3.55. The van der Waals surface area contributed by atoms with E-state index in [1.165, 1.54) is 5.01 Å². The van der Waals surface area contributed by atoms with Crippen LogP contribution in [0.1, 0.15) is 43.9 Å². The molecule has 140 valence electrons. The Morgan fingerprint density at radius 3 is 2.62 bits per heavy atom. The molecule has 0 spiro atoms. The minimum Gasteiger partial charge on any atom is -0.267 e. The van der Waals surface area contributed by atoms with Crippen LogP contribution in [0.25, 0.3) is 4.91 Å². The van der Waals surface area contributed by atoms with Crippen LogP contribution in [0, 0.1) is 6.92 Å². The molecule has 2 heterocycles. The van der Waals surface area contributed by atoms with Crippen molar-refractivity contribution in [3.8, 4) is 0 Å². The Kier molecular flexibility index (Phi) is 4.82. The molecule has 2 aliphatic rings. The minimum absolute atomic E-state index is 0.122. The van der Waals surface area contributed by atoms with Crippen molar-refractivity contribution < 1.29 is 13.2 Å². The van der Waals surface area contributed by atoms with Crippen LogP contribution in [-0.4, -0.2) is 44.1 Å². The Morgan fingerprint density at radius 2 is 2.04 bits per heavy atom. The second-order valence-electron chi connectivity index (χ2n) is 7.42. The first-order valence-corrected chi connectivity index (χ1v) is 11.3. The minimum atomic E-state index is -3.26. The van der Waals surface area contributed by atoms with Gasteiger partial charge >= 0.3 is 0 Å². The Bertz CT molecular complexity index is 944. The van der Waals surface area contributed by atoms with Crippen molar-refractivity contribution in [3.63, 3.8) is 0 Å². The summed E-state index contributed by atoms with van der Waals surface area (Å²) in [4.78, 5) is 13.8. The Balaban J connectivity index is 2.24. The second-order valence-corrected chi connectivity index (χ2v) is 10.5. The van der Waals surface area contributed by atoms with Gasteiger partial charge in [0.05, 0.1) is 22.4 Å². The molecule has 0 aromatic heterocycles. The third-order valence-electron chi connectivity index (χ3n) is 4.81. The highest BCUT2D eigenvalue weighted by Gasteiger charge is 2.42. The zero-order valence-corrected chi connectivity index (χ0v) is 17.4. The van der Waals surface area contributed by atoms with E-state index in [0.29, 0.717) is 10.5 Å². The van der Waals surface area contributed by atoms with Crippen LogP contribution >= 0.6 is 11.8 Å². The fourth-order valence-corrected chi connectivity index (χ4v) is 7.09. The first-order chi connectivity index (χ1) is 12.1. The molecular weight excluding hydrogens is 368 g/mol. The molecule has 2 aliphatic heterocycles. The van der Waals surface area contributed by atoms with Gasteiger partial charge in [-0.1, -0.05) is 26.8 Å². The summed E-state index contributed by atoms with van der Waals surface area (Å²) in [5.74, 6) is 0.869. The van der Waals surface area contributed by atoms with Gasteiger partial charge < -0.3 is 0 Å². The van der Waals surface area contributed by atoms with Crippen LogP contribution in [0.2, 0.25) is 0 Å². The van der Waals surface area contributed by atoms with Gasteiger partial charge in [0.25, 0.3) is 5.91 Å². The molecule has 0 N–H and O–H groups in total. The first kappa shape index (κ1) is 19.2. The van der Waals surface area contributed by atoms with Gasteiger partial charge in [0, 0.05) is 17.4 Å². The van der Waals surface area contributed by atoms with Crippen molar-refractivity contribution in [2.24, 2.45) is 5.10 Å². The van der Waals surface area contributed by atoms with E-state index < -0.39 is 15.3 Å². The van der Waals surface area contributed by atoms with Crippen molar-refractivity contribution in [2.45, 2.75) is 44.4 Å². The van der Waals surface area contributed by atoms with E-state index in [2.05, 4.69) is 12.0 Å². The van der Waals surface area contributed by atoms with Gasteiger partial charge in [-0.25, -0.2) is 13.4 Å². The molecule has 0 bridgehead atoms. The van der Waals surface area contributed by atoms with Crippen LogP contribution in [-0.2, 0) is 20.0 Å². The van der Waals surface area contributed by atoms with Gasteiger partial charge in [-0.3, -0.25) is 4.79 Å².